The van der Waals surface area contributed by atoms with Crippen molar-refractivity contribution in [2.24, 2.45) is 5.73 Å². The van der Waals surface area contributed by atoms with Crippen molar-refractivity contribution in [2.45, 2.75) is 6.18 Å². The van der Waals surface area contributed by atoms with Crippen LogP contribution in [0.1, 0.15) is 16.2 Å². The Kier molecular flexibility index (Phi) is 3.99. The fourth-order valence-electron chi connectivity index (χ4n) is 2.41. The SMILES string of the molecule is NC(=O)c1ncnn1-c1c(C(F)(F)F)ccc(-c2ccccc2)c1F. The molecule has 2 aromatic carbocycles. The Morgan fingerprint density at radius 2 is 1.76 bits per heavy atom. The van der Waals surface area contributed by atoms with Gasteiger partial charge < -0.3 is 5.73 Å². The molecule has 0 saturated heterocycles. The highest BCUT2D eigenvalue weighted by atomic mass is 19.4. The molecule has 3 aromatic rings. The van der Waals surface area contributed by atoms with Crippen molar-refractivity contribution in [1.82, 2.24) is 14.8 Å². The molecule has 0 saturated carbocycles. The maximum atomic E-state index is 15.0. The van der Waals surface area contributed by atoms with Gasteiger partial charge in [0.2, 0.25) is 5.82 Å². The molecule has 1 heterocycles. The van der Waals surface area contributed by atoms with E-state index in [1.54, 1.807) is 30.3 Å². The molecule has 0 fully saturated rings. The van der Waals surface area contributed by atoms with Gasteiger partial charge in [0.05, 0.1) is 5.56 Å². The maximum absolute atomic E-state index is 15.0. The van der Waals surface area contributed by atoms with Crippen LogP contribution in [0.2, 0.25) is 0 Å². The molecule has 0 aliphatic carbocycles. The van der Waals surface area contributed by atoms with Gasteiger partial charge in [-0.1, -0.05) is 36.4 Å². The van der Waals surface area contributed by atoms with E-state index in [4.69, 9.17) is 5.73 Å². The topological polar surface area (TPSA) is 73.8 Å². The van der Waals surface area contributed by atoms with Crippen LogP contribution in [0.4, 0.5) is 17.6 Å². The minimum atomic E-state index is -4.87. The molecule has 2 N–H and O–H groups in total. The summed E-state index contributed by atoms with van der Waals surface area (Å²) >= 11 is 0. The summed E-state index contributed by atoms with van der Waals surface area (Å²) in [4.78, 5) is 14.9. The van der Waals surface area contributed by atoms with Crippen LogP contribution >= 0.6 is 0 Å². The third-order valence-electron chi connectivity index (χ3n) is 3.49. The number of amides is 1. The van der Waals surface area contributed by atoms with Crippen molar-refractivity contribution in [3.8, 4) is 16.8 Å². The van der Waals surface area contributed by atoms with E-state index in [-0.39, 0.29) is 5.56 Å². The Balaban J connectivity index is 2.34. The molecule has 0 atom stereocenters. The summed E-state index contributed by atoms with van der Waals surface area (Å²) in [6.07, 6.45) is -4.04. The standard InChI is InChI=1S/C16H10F4N4O/c17-12-10(9-4-2-1-3-5-9)6-7-11(16(18,19)20)13(12)24-15(14(21)25)22-8-23-24/h1-8H,(H2,21,25). The Labute approximate surface area is 138 Å². The molecule has 0 bridgehead atoms. The van der Waals surface area contributed by atoms with Crippen molar-refractivity contribution in [1.29, 1.82) is 0 Å². The van der Waals surface area contributed by atoms with Crippen molar-refractivity contribution < 1.29 is 22.4 Å². The predicted molar refractivity (Wildman–Crippen MR) is 80.3 cm³/mol. The number of nitrogens with two attached hydrogens (primary N) is 1. The number of carbonyl (C=O) groups excluding carboxylic acids is 1. The third kappa shape index (κ3) is 2.95. The van der Waals surface area contributed by atoms with Crippen LogP contribution in [0.3, 0.4) is 0 Å². The molecule has 0 aliphatic heterocycles. The predicted octanol–water partition coefficient (Wildman–Crippen LogP) is 3.19. The van der Waals surface area contributed by atoms with Crippen molar-refractivity contribution >= 4 is 5.91 Å². The second kappa shape index (κ2) is 6.00. The van der Waals surface area contributed by atoms with E-state index < -0.39 is 35.0 Å². The smallest absolute Gasteiger partial charge is 0.363 e. The molecular formula is C16H10F4N4O. The zero-order chi connectivity index (χ0) is 18.2. The minimum absolute atomic E-state index is 0.0745. The van der Waals surface area contributed by atoms with Crippen LogP contribution in [0.25, 0.3) is 16.8 Å². The molecule has 5 nitrogen and oxygen atoms in total. The first kappa shape index (κ1) is 16.6. The van der Waals surface area contributed by atoms with Gasteiger partial charge in [0.15, 0.2) is 5.82 Å². The molecule has 25 heavy (non-hydrogen) atoms. The fourth-order valence-corrected chi connectivity index (χ4v) is 2.41. The third-order valence-corrected chi connectivity index (χ3v) is 3.49. The van der Waals surface area contributed by atoms with E-state index in [1.165, 1.54) is 0 Å². The summed E-state index contributed by atoms with van der Waals surface area (Å²) < 4.78 is 55.5. The summed E-state index contributed by atoms with van der Waals surface area (Å²) in [5.74, 6) is -2.92. The molecule has 1 amide bonds. The average Bonchev–Trinajstić information content (AvgIpc) is 3.04. The zero-order valence-electron chi connectivity index (χ0n) is 12.5. The van der Waals surface area contributed by atoms with Gasteiger partial charge in [-0.2, -0.15) is 18.3 Å². The van der Waals surface area contributed by atoms with E-state index in [9.17, 15) is 18.0 Å². The number of hydrogen-bond donors (Lipinski definition) is 1. The molecule has 0 radical (unpaired) electrons. The van der Waals surface area contributed by atoms with E-state index in [1.807, 2.05) is 0 Å². The monoisotopic (exact) mass is 350 g/mol. The van der Waals surface area contributed by atoms with Gasteiger partial charge in [-0.05, 0) is 11.6 Å². The number of rotatable bonds is 3. The second-order valence-electron chi connectivity index (χ2n) is 5.05. The normalized spacial score (nSPS) is 11.5. The first-order chi connectivity index (χ1) is 11.8. The Morgan fingerprint density at radius 3 is 2.36 bits per heavy atom. The number of benzene rings is 2. The van der Waals surface area contributed by atoms with Crippen LogP contribution in [0.15, 0.2) is 48.8 Å². The molecule has 9 heteroatoms. The van der Waals surface area contributed by atoms with Crippen LogP contribution < -0.4 is 5.73 Å². The molecule has 0 aliphatic rings. The van der Waals surface area contributed by atoms with Gasteiger partial charge >= 0.3 is 6.18 Å². The van der Waals surface area contributed by atoms with Crippen molar-refractivity contribution in [2.75, 3.05) is 0 Å². The molecule has 3 rings (SSSR count). The summed E-state index contributed by atoms with van der Waals surface area (Å²) in [6, 6.07) is 9.78. The van der Waals surface area contributed by atoms with Gasteiger partial charge in [-0.25, -0.2) is 14.1 Å². The Morgan fingerprint density at radius 1 is 1.08 bits per heavy atom. The first-order valence-electron chi connectivity index (χ1n) is 6.96. The highest BCUT2D eigenvalue weighted by molar-refractivity contribution is 5.89. The van der Waals surface area contributed by atoms with E-state index >= 15 is 4.39 Å². The molecule has 1 aromatic heterocycles. The van der Waals surface area contributed by atoms with Gasteiger partial charge in [0.25, 0.3) is 5.91 Å². The fraction of sp³-hybridized carbons (Fsp3) is 0.0625. The lowest BCUT2D eigenvalue weighted by atomic mass is 10.0. The second-order valence-corrected chi connectivity index (χ2v) is 5.05. The molecule has 0 unspecified atom stereocenters. The number of nitrogens with zero attached hydrogens (tertiary/aromatic N) is 3. The number of alkyl halides is 3. The largest absolute Gasteiger partial charge is 0.418 e. The summed E-state index contributed by atoms with van der Waals surface area (Å²) in [6.45, 7) is 0. The summed E-state index contributed by atoms with van der Waals surface area (Å²) in [7, 11) is 0. The Bertz CT molecular complexity index is 935. The number of halogens is 4. The van der Waals surface area contributed by atoms with Crippen molar-refractivity contribution in [3.63, 3.8) is 0 Å². The lowest BCUT2D eigenvalue weighted by Gasteiger charge is -2.16. The van der Waals surface area contributed by atoms with E-state index in [0.717, 1.165) is 18.5 Å². The van der Waals surface area contributed by atoms with Crippen LogP contribution in [-0.4, -0.2) is 20.7 Å². The first-order valence-corrected chi connectivity index (χ1v) is 6.96. The van der Waals surface area contributed by atoms with Crippen molar-refractivity contribution in [3.05, 3.63) is 66.0 Å². The van der Waals surface area contributed by atoms with Crippen LogP contribution in [0.5, 0.6) is 0 Å². The van der Waals surface area contributed by atoms with Gasteiger partial charge in [-0.15, -0.1) is 0 Å². The number of aromatic nitrogens is 3. The molecular weight excluding hydrogens is 340 g/mol. The van der Waals surface area contributed by atoms with Crippen LogP contribution in [-0.2, 0) is 6.18 Å². The highest BCUT2D eigenvalue weighted by Crippen LogP contribution is 2.38. The minimum Gasteiger partial charge on any atom is -0.363 e. The Hall–Kier alpha value is -3.23. The van der Waals surface area contributed by atoms with E-state index in [2.05, 4.69) is 10.1 Å². The summed E-state index contributed by atoms with van der Waals surface area (Å²) in [5.41, 5.74) is 3.16. The number of hydrogen-bond acceptors (Lipinski definition) is 3. The molecule has 0 spiro atoms. The lowest BCUT2D eigenvalue weighted by molar-refractivity contribution is -0.137. The summed E-state index contributed by atoms with van der Waals surface area (Å²) in [5, 5.41) is 3.54. The number of carbonyl (C=O) groups is 1. The quantitative estimate of drug-likeness (QED) is 0.737. The molecule has 128 valence electrons. The van der Waals surface area contributed by atoms with Gasteiger partial charge in [0.1, 0.15) is 12.0 Å². The van der Waals surface area contributed by atoms with E-state index in [0.29, 0.717) is 10.2 Å². The lowest BCUT2D eigenvalue weighted by Crippen LogP contribution is -2.21. The van der Waals surface area contributed by atoms with Gasteiger partial charge in [-0.3, -0.25) is 4.79 Å². The average molecular weight is 350 g/mol. The number of primary amides is 1. The zero-order valence-corrected chi connectivity index (χ0v) is 12.5. The highest BCUT2D eigenvalue weighted by Gasteiger charge is 2.37. The van der Waals surface area contributed by atoms with Crippen LogP contribution in [0, 0.1) is 5.82 Å². The van der Waals surface area contributed by atoms with Gasteiger partial charge in [0, 0.05) is 5.56 Å². The maximum Gasteiger partial charge on any atom is 0.418 e.